The van der Waals surface area contributed by atoms with Crippen molar-refractivity contribution in [3.63, 3.8) is 0 Å². The first-order chi connectivity index (χ1) is 15.0. The number of hydrogen-bond donors (Lipinski definition) is 1. The standard InChI is InChI=1S/C22H18ClN3O5/c1-29-19-12-5-15(13-20(19)30-2)22(28)31-26-18-10-8-17(9-11-18)24-25-21(27)14-3-6-16(23)7-4-14/h3-13,26H,1-2H3. The minimum absolute atomic E-state index is 0.288. The largest absolute Gasteiger partial charge is 0.493 e. The van der Waals surface area contributed by atoms with E-state index in [-0.39, 0.29) is 5.56 Å². The molecule has 0 saturated carbocycles. The highest BCUT2D eigenvalue weighted by Gasteiger charge is 2.12. The number of benzene rings is 3. The Morgan fingerprint density at radius 1 is 0.839 bits per heavy atom. The van der Waals surface area contributed by atoms with Crippen LogP contribution in [-0.2, 0) is 4.84 Å². The lowest BCUT2D eigenvalue weighted by atomic mass is 10.2. The molecule has 9 heteroatoms. The van der Waals surface area contributed by atoms with Crippen LogP contribution in [0.2, 0.25) is 5.02 Å². The van der Waals surface area contributed by atoms with Crippen LogP contribution in [-0.4, -0.2) is 26.1 Å². The number of carbonyl (C=O) groups is 2. The van der Waals surface area contributed by atoms with Crippen molar-refractivity contribution in [2.24, 2.45) is 10.2 Å². The second-order valence-electron chi connectivity index (χ2n) is 6.12. The summed E-state index contributed by atoms with van der Waals surface area (Å²) in [7, 11) is 2.99. The molecule has 0 atom stereocenters. The molecular formula is C22H18ClN3O5. The highest BCUT2D eigenvalue weighted by atomic mass is 35.5. The molecule has 0 aliphatic rings. The first-order valence-electron chi connectivity index (χ1n) is 9.01. The number of rotatable bonds is 7. The summed E-state index contributed by atoms with van der Waals surface area (Å²) in [5.41, 5.74) is 4.20. The van der Waals surface area contributed by atoms with Gasteiger partial charge in [0.2, 0.25) is 0 Å². The Morgan fingerprint density at radius 2 is 1.48 bits per heavy atom. The van der Waals surface area contributed by atoms with Crippen molar-refractivity contribution >= 4 is 34.9 Å². The lowest BCUT2D eigenvalue weighted by Gasteiger charge is -2.10. The Balaban J connectivity index is 1.57. The van der Waals surface area contributed by atoms with E-state index in [1.165, 1.54) is 20.3 Å². The number of hydrogen-bond acceptors (Lipinski definition) is 7. The van der Waals surface area contributed by atoms with Gasteiger partial charge in [0.15, 0.2) is 11.5 Å². The molecule has 8 nitrogen and oxygen atoms in total. The fourth-order valence-corrected chi connectivity index (χ4v) is 2.60. The molecule has 0 radical (unpaired) electrons. The van der Waals surface area contributed by atoms with Gasteiger partial charge in [0, 0.05) is 10.6 Å². The topological polar surface area (TPSA) is 98.6 Å². The molecule has 31 heavy (non-hydrogen) atoms. The summed E-state index contributed by atoms with van der Waals surface area (Å²) in [4.78, 5) is 29.3. The van der Waals surface area contributed by atoms with Gasteiger partial charge >= 0.3 is 5.97 Å². The van der Waals surface area contributed by atoms with Gasteiger partial charge in [-0.25, -0.2) is 10.3 Å². The van der Waals surface area contributed by atoms with Crippen LogP contribution in [0.25, 0.3) is 0 Å². The number of ether oxygens (including phenoxy) is 2. The van der Waals surface area contributed by atoms with E-state index in [2.05, 4.69) is 15.7 Å². The Labute approximate surface area is 183 Å². The van der Waals surface area contributed by atoms with Crippen LogP contribution >= 0.6 is 11.6 Å². The predicted molar refractivity (Wildman–Crippen MR) is 115 cm³/mol. The SMILES string of the molecule is COc1ccc(C(=O)ONc2ccc(N=NC(=O)c3ccc(Cl)cc3)cc2)cc1OC. The minimum atomic E-state index is -0.599. The molecule has 1 amide bonds. The van der Waals surface area contributed by atoms with Crippen molar-refractivity contribution in [3.8, 4) is 11.5 Å². The maximum Gasteiger partial charge on any atom is 0.362 e. The van der Waals surface area contributed by atoms with Crippen LogP contribution in [0.4, 0.5) is 11.4 Å². The molecule has 1 N–H and O–H groups in total. The summed E-state index contributed by atoms with van der Waals surface area (Å²) in [6, 6.07) is 17.5. The summed E-state index contributed by atoms with van der Waals surface area (Å²) in [5.74, 6) is -0.160. The zero-order valence-electron chi connectivity index (χ0n) is 16.7. The maximum absolute atomic E-state index is 12.2. The molecule has 158 valence electrons. The molecule has 0 fully saturated rings. The van der Waals surface area contributed by atoms with E-state index in [0.29, 0.717) is 33.5 Å². The van der Waals surface area contributed by atoms with E-state index in [4.69, 9.17) is 25.9 Å². The summed E-state index contributed by atoms with van der Waals surface area (Å²) >= 11 is 5.80. The predicted octanol–water partition coefficient (Wildman–Crippen LogP) is 5.47. The monoisotopic (exact) mass is 439 g/mol. The summed E-state index contributed by atoms with van der Waals surface area (Å²) in [5, 5.41) is 8.12. The molecule has 0 bridgehead atoms. The highest BCUT2D eigenvalue weighted by Crippen LogP contribution is 2.28. The fraction of sp³-hybridized carbons (Fsp3) is 0.0909. The van der Waals surface area contributed by atoms with E-state index in [1.54, 1.807) is 60.7 Å². The lowest BCUT2D eigenvalue weighted by Crippen LogP contribution is -2.11. The molecule has 0 spiro atoms. The number of nitrogens with zero attached hydrogens (tertiary/aromatic N) is 2. The lowest BCUT2D eigenvalue weighted by molar-refractivity contribution is 0.0596. The van der Waals surface area contributed by atoms with Crippen LogP contribution < -0.4 is 15.0 Å². The van der Waals surface area contributed by atoms with Crippen LogP contribution in [0.15, 0.2) is 77.0 Å². The maximum atomic E-state index is 12.2. The zero-order valence-corrected chi connectivity index (χ0v) is 17.4. The third-order valence-corrected chi connectivity index (χ3v) is 4.35. The molecule has 0 heterocycles. The summed E-state index contributed by atoms with van der Waals surface area (Å²) < 4.78 is 10.3. The second-order valence-corrected chi connectivity index (χ2v) is 6.56. The second kappa shape index (κ2) is 10.2. The average molecular weight is 440 g/mol. The van der Waals surface area contributed by atoms with Crippen molar-refractivity contribution in [1.29, 1.82) is 0 Å². The number of carbonyl (C=O) groups excluding carboxylic acids is 2. The quantitative estimate of drug-likeness (QED) is 0.387. The highest BCUT2D eigenvalue weighted by molar-refractivity contribution is 6.30. The molecule has 0 unspecified atom stereocenters. The normalized spacial score (nSPS) is 10.5. The van der Waals surface area contributed by atoms with Gasteiger partial charge in [-0.1, -0.05) is 11.6 Å². The molecule has 3 aromatic rings. The number of methoxy groups -OCH3 is 2. The molecule has 0 aliphatic carbocycles. The van der Waals surface area contributed by atoms with Crippen LogP contribution in [0.1, 0.15) is 20.7 Å². The zero-order chi connectivity index (χ0) is 22.2. The molecule has 0 aliphatic heterocycles. The van der Waals surface area contributed by atoms with Crippen LogP contribution in [0, 0.1) is 0 Å². The number of amides is 1. The van der Waals surface area contributed by atoms with Gasteiger partial charge in [0.25, 0.3) is 5.91 Å². The third-order valence-electron chi connectivity index (χ3n) is 4.10. The number of halogens is 1. The van der Waals surface area contributed by atoms with Crippen molar-refractivity contribution in [3.05, 3.63) is 82.9 Å². The average Bonchev–Trinajstić information content (AvgIpc) is 2.81. The van der Waals surface area contributed by atoms with Crippen LogP contribution in [0.3, 0.4) is 0 Å². The Kier molecular flexibility index (Phi) is 7.18. The smallest absolute Gasteiger partial charge is 0.362 e. The van der Waals surface area contributed by atoms with Gasteiger partial charge in [-0.15, -0.1) is 10.2 Å². The summed E-state index contributed by atoms with van der Waals surface area (Å²) in [6.45, 7) is 0. The third kappa shape index (κ3) is 5.80. The number of azo groups is 1. The molecule has 0 saturated heterocycles. The van der Waals surface area contributed by atoms with E-state index in [9.17, 15) is 9.59 Å². The van der Waals surface area contributed by atoms with Crippen molar-refractivity contribution in [2.75, 3.05) is 19.7 Å². The van der Waals surface area contributed by atoms with E-state index in [1.807, 2.05) is 0 Å². The Hall–Kier alpha value is -3.91. The first-order valence-corrected chi connectivity index (χ1v) is 9.39. The van der Waals surface area contributed by atoms with Crippen molar-refractivity contribution < 1.29 is 23.9 Å². The van der Waals surface area contributed by atoms with Gasteiger partial charge in [0.1, 0.15) is 0 Å². The van der Waals surface area contributed by atoms with E-state index < -0.39 is 11.9 Å². The van der Waals surface area contributed by atoms with Crippen molar-refractivity contribution in [2.45, 2.75) is 0 Å². The summed E-state index contributed by atoms with van der Waals surface area (Å²) in [6.07, 6.45) is 0. The molecule has 0 aromatic heterocycles. The number of nitrogens with one attached hydrogen (secondary N) is 1. The van der Waals surface area contributed by atoms with E-state index in [0.717, 1.165) is 0 Å². The Bertz CT molecular complexity index is 1100. The van der Waals surface area contributed by atoms with Crippen LogP contribution in [0.5, 0.6) is 11.5 Å². The van der Waals surface area contributed by atoms with Gasteiger partial charge in [0.05, 0.1) is 31.2 Å². The van der Waals surface area contributed by atoms with Gasteiger partial charge in [-0.05, 0) is 66.7 Å². The molecular weight excluding hydrogens is 422 g/mol. The van der Waals surface area contributed by atoms with Crippen molar-refractivity contribution in [1.82, 2.24) is 0 Å². The van der Waals surface area contributed by atoms with E-state index >= 15 is 0 Å². The fourth-order valence-electron chi connectivity index (χ4n) is 2.48. The molecule has 3 aromatic carbocycles. The van der Waals surface area contributed by atoms with Gasteiger partial charge in [-0.2, -0.15) is 0 Å². The minimum Gasteiger partial charge on any atom is -0.493 e. The van der Waals surface area contributed by atoms with Gasteiger partial charge < -0.3 is 14.3 Å². The Morgan fingerprint density at radius 3 is 2.13 bits per heavy atom. The first kappa shape index (κ1) is 21.8. The number of anilines is 1. The molecule has 3 rings (SSSR count). The van der Waals surface area contributed by atoms with Gasteiger partial charge in [-0.3, -0.25) is 4.79 Å².